The van der Waals surface area contributed by atoms with Crippen LogP contribution >= 0.6 is 0 Å². The fourth-order valence-electron chi connectivity index (χ4n) is 3.53. The number of rotatable bonds is 3. The number of aromatic nitrogens is 1. The van der Waals surface area contributed by atoms with Crippen LogP contribution in [0.25, 0.3) is 10.9 Å². The van der Waals surface area contributed by atoms with E-state index in [1.165, 1.54) is 5.56 Å². The van der Waals surface area contributed by atoms with Crippen LogP contribution in [0.1, 0.15) is 22.9 Å². The van der Waals surface area contributed by atoms with Crippen molar-refractivity contribution in [3.05, 3.63) is 77.5 Å². The minimum absolute atomic E-state index is 0.303. The first-order valence-electron chi connectivity index (χ1n) is 8.18. The quantitative estimate of drug-likeness (QED) is 0.808. The zero-order valence-electron chi connectivity index (χ0n) is 13.4. The maximum absolute atomic E-state index is 12.1. The van der Waals surface area contributed by atoms with Gasteiger partial charge in [-0.05, 0) is 29.7 Å². The minimum Gasteiger partial charge on any atom is -0.368 e. The Morgan fingerprint density at radius 1 is 1.08 bits per heavy atom. The van der Waals surface area contributed by atoms with Crippen molar-refractivity contribution >= 4 is 16.8 Å². The van der Waals surface area contributed by atoms with Crippen molar-refractivity contribution in [2.24, 2.45) is 5.73 Å². The Balaban J connectivity index is 1.66. The van der Waals surface area contributed by atoms with Crippen LogP contribution in [0.15, 0.2) is 60.7 Å². The molecule has 1 aliphatic heterocycles. The van der Waals surface area contributed by atoms with Gasteiger partial charge in [0.05, 0.1) is 11.2 Å². The van der Waals surface area contributed by atoms with Gasteiger partial charge in [0.1, 0.15) is 6.04 Å². The Morgan fingerprint density at radius 2 is 1.88 bits per heavy atom. The van der Waals surface area contributed by atoms with Gasteiger partial charge in [-0.15, -0.1) is 0 Å². The second kappa shape index (κ2) is 6.06. The molecule has 3 aromatic rings. The van der Waals surface area contributed by atoms with Gasteiger partial charge >= 0.3 is 0 Å². The van der Waals surface area contributed by atoms with E-state index in [1.807, 2.05) is 42.5 Å². The minimum atomic E-state index is -0.386. The summed E-state index contributed by atoms with van der Waals surface area (Å²) in [5, 5.41) is 1.12. The first kappa shape index (κ1) is 14.8. The Morgan fingerprint density at radius 3 is 2.75 bits per heavy atom. The maximum atomic E-state index is 12.1. The van der Waals surface area contributed by atoms with Crippen molar-refractivity contribution < 1.29 is 4.79 Å². The van der Waals surface area contributed by atoms with E-state index in [1.54, 1.807) is 0 Å². The van der Waals surface area contributed by atoms with Crippen molar-refractivity contribution in [2.75, 3.05) is 6.54 Å². The molecule has 2 aromatic carbocycles. The van der Waals surface area contributed by atoms with Crippen LogP contribution in [-0.2, 0) is 17.8 Å². The molecule has 120 valence electrons. The van der Waals surface area contributed by atoms with E-state index in [9.17, 15) is 4.79 Å². The van der Waals surface area contributed by atoms with Crippen molar-refractivity contribution in [3.63, 3.8) is 0 Å². The summed E-state index contributed by atoms with van der Waals surface area (Å²) < 4.78 is 0. The normalized spacial score (nSPS) is 17.6. The van der Waals surface area contributed by atoms with Gasteiger partial charge in [0.25, 0.3) is 0 Å². The van der Waals surface area contributed by atoms with Crippen LogP contribution in [0.2, 0.25) is 0 Å². The number of pyridine rings is 1. The number of nitrogens with zero attached hydrogens (tertiary/aromatic N) is 2. The molecule has 1 aromatic heterocycles. The summed E-state index contributed by atoms with van der Waals surface area (Å²) >= 11 is 0. The predicted molar refractivity (Wildman–Crippen MR) is 94.2 cm³/mol. The van der Waals surface area contributed by atoms with Crippen molar-refractivity contribution in [1.82, 2.24) is 9.88 Å². The number of fused-ring (bicyclic) bond motifs is 2. The highest BCUT2D eigenvalue weighted by Crippen LogP contribution is 2.30. The molecule has 0 saturated carbocycles. The van der Waals surface area contributed by atoms with Gasteiger partial charge in [0.15, 0.2) is 0 Å². The van der Waals surface area contributed by atoms with Gasteiger partial charge < -0.3 is 5.73 Å². The molecule has 1 aliphatic rings. The van der Waals surface area contributed by atoms with Gasteiger partial charge in [-0.1, -0.05) is 48.5 Å². The lowest BCUT2D eigenvalue weighted by Crippen LogP contribution is -2.42. The van der Waals surface area contributed by atoms with Gasteiger partial charge in [-0.25, -0.2) is 0 Å². The van der Waals surface area contributed by atoms with Gasteiger partial charge in [-0.2, -0.15) is 0 Å². The van der Waals surface area contributed by atoms with E-state index in [0.717, 1.165) is 35.1 Å². The van der Waals surface area contributed by atoms with Crippen LogP contribution < -0.4 is 5.73 Å². The molecule has 0 aliphatic carbocycles. The monoisotopic (exact) mass is 317 g/mol. The van der Waals surface area contributed by atoms with E-state index < -0.39 is 0 Å². The highest BCUT2D eigenvalue weighted by atomic mass is 16.1. The number of primary amides is 1. The molecule has 2 N–H and O–H groups in total. The van der Waals surface area contributed by atoms with Crippen LogP contribution in [0.5, 0.6) is 0 Å². The Hall–Kier alpha value is -2.72. The number of hydrogen-bond donors (Lipinski definition) is 1. The van der Waals surface area contributed by atoms with Crippen LogP contribution in [0.3, 0.4) is 0 Å². The standard InChI is InChI=1S/C20H19N3O/c21-20(24)19-17-7-3-1-5-14(17)11-12-23(19)13-16-10-9-15-6-2-4-8-18(15)22-16/h1-10,19H,11-13H2,(H2,21,24)/t19-/m0/s1. The molecule has 2 heterocycles. The first-order chi connectivity index (χ1) is 11.7. The highest BCUT2D eigenvalue weighted by Gasteiger charge is 2.31. The summed E-state index contributed by atoms with van der Waals surface area (Å²) in [7, 11) is 0. The third kappa shape index (κ3) is 2.65. The van der Waals surface area contributed by atoms with E-state index in [-0.39, 0.29) is 11.9 Å². The number of para-hydroxylation sites is 1. The molecule has 0 spiro atoms. The third-order valence-electron chi connectivity index (χ3n) is 4.67. The summed E-state index contributed by atoms with van der Waals surface area (Å²) in [5.41, 5.74) is 9.89. The van der Waals surface area contributed by atoms with Crippen LogP contribution in [0.4, 0.5) is 0 Å². The van der Waals surface area contributed by atoms with Gasteiger partial charge in [0, 0.05) is 18.5 Å². The maximum Gasteiger partial charge on any atom is 0.239 e. The summed E-state index contributed by atoms with van der Waals surface area (Å²) in [6.45, 7) is 1.42. The number of nitrogens with two attached hydrogens (primary N) is 1. The molecule has 0 bridgehead atoms. The first-order valence-corrected chi connectivity index (χ1v) is 8.18. The second-order valence-electron chi connectivity index (χ2n) is 6.22. The Bertz CT molecular complexity index is 906. The summed E-state index contributed by atoms with van der Waals surface area (Å²) in [6.07, 6.45) is 0.924. The van der Waals surface area contributed by atoms with Crippen molar-refractivity contribution in [2.45, 2.75) is 19.0 Å². The average molecular weight is 317 g/mol. The molecule has 24 heavy (non-hydrogen) atoms. The molecule has 4 nitrogen and oxygen atoms in total. The third-order valence-corrected chi connectivity index (χ3v) is 4.67. The summed E-state index contributed by atoms with van der Waals surface area (Å²) in [4.78, 5) is 18.9. The van der Waals surface area contributed by atoms with E-state index in [0.29, 0.717) is 6.54 Å². The molecule has 1 atom stereocenters. The lowest BCUT2D eigenvalue weighted by Gasteiger charge is -2.35. The lowest BCUT2D eigenvalue weighted by atomic mass is 9.92. The van der Waals surface area contributed by atoms with Crippen LogP contribution in [-0.4, -0.2) is 22.3 Å². The van der Waals surface area contributed by atoms with Gasteiger partial charge in [-0.3, -0.25) is 14.7 Å². The fraction of sp³-hybridized carbons (Fsp3) is 0.200. The fourth-order valence-corrected chi connectivity index (χ4v) is 3.53. The van der Waals surface area contributed by atoms with E-state index in [2.05, 4.69) is 23.1 Å². The van der Waals surface area contributed by atoms with E-state index in [4.69, 9.17) is 10.7 Å². The zero-order chi connectivity index (χ0) is 16.5. The molecule has 0 unspecified atom stereocenters. The summed E-state index contributed by atoms with van der Waals surface area (Å²) in [6, 6.07) is 19.8. The SMILES string of the molecule is NC(=O)[C@@H]1c2ccccc2CCN1Cc1ccc2ccccc2n1. The zero-order valence-corrected chi connectivity index (χ0v) is 13.4. The number of carbonyl (C=O) groups is 1. The molecular formula is C20H19N3O. The molecular weight excluding hydrogens is 298 g/mol. The van der Waals surface area contributed by atoms with E-state index >= 15 is 0 Å². The lowest BCUT2D eigenvalue weighted by molar-refractivity contribution is -0.124. The topological polar surface area (TPSA) is 59.2 Å². The molecule has 0 radical (unpaired) electrons. The molecule has 0 saturated heterocycles. The largest absolute Gasteiger partial charge is 0.368 e. The second-order valence-corrected chi connectivity index (χ2v) is 6.22. The smallest absolute Gasteiger partial charge is 0.239 e. The Kier molecular flexibility index (Phi) is 3.75. The van der Waals surface area contributed by atoms with Crippen LogP contribution in [0, 0.1) is 0 Å². The summed E-state index contributed by atoms with van der Waals surface area (Å²) in [5.74, 6) is -0.303. The molecule has 4 rings (SSSR count). The van der Waals surface area contributed by atoms with Crippen molar-refractivity contribution in [3.8, 4) is 0 Å². The molecule has 1 amide bonds. The Labute approximate surface area is 140 Å². The number of hydrogen-bond acceptors (Lipinski definition) is 3. The highest BCUT2D eigenvalue weighted by molar-refractivity contribution is 5.82. The number of amides is 1. The number of benzene rings is 2. The van der Waals surface area contributed by atoms with Crippen molar-refractivity contribution in [1.29, 1.82) is 0 Å². The number of carbonyl (C=O) groups excluding carboxylic acids is 1. The predicted octanol–water partition coefficient (Wildman–Crippen LogP) is 2.82. The molecule has 0 fully saturated rings. The average Bonchev–Trinajstić information content (AvgIpc) is 2.61. The van der Waals surface area contributed by atoms with Gasteiger partial charge in [0.2, 0.25) is 5.91 Å². The molecule has 4 heteroatoms.